The predicted octanol–water partition coefficient (Wildman–Crippen LogP) is 2.50. The number of hydrogen-bond donors (Lipinski definition) is 2. The van der Waals surface area contributed by atoms with E-state index in [9.17, 15) is 9.90 Å². The topological polar surface area (TPSA) is 52.6 Å². The second-order valence-electron chi connectivity index (χ2n) is 5.28. The number of carbonyl (C=O) groups excluding carboxylic acids is 1. The molecule has 110 valence electrons. The van der Waals surface area contributed by atoms with Crippen molar-refractivity contribution in [2.24, 2.45) is 0 Å². The van der Waals surface area contributed by atoms with E-state index >= 15 is 0 Å². The smallest absolute Gasteiger partial charge is 0.256 e. The van der Waals surface area contributed by atoms with Gasteiger partial charge in [-0.3, -0.25) is 4.79 Å². The molecule has 1 aromatic carbocycles. The minimum Gasteiger partial charge on any atom is -0.395 e. The Morgan fingerprint density at radius 3 is 2.75 bits per heavy atom. The number of nitrogens with zero attached hydrogens (tertiary/aromatic N) is 1. The summed E-state index contributed by atoms with van der Waals surface area (Å²) in [5.74, 6) is 0.0305. The largest absolute Gasteiger partial charge is 0.395 e. The number of aliphatic hydroxyl groups excluding tert-OH is 1. The average Bonchev–Trinajstić information content (AvgIpc) is 2.42. The molecule has 20 heavy (non-hydrogen) atoms. The lowest BCUT2D eigenvalue weighted by Gasteiger charge is -2.37. The maximum atomic E-state index is 12.7. The zero-order valence-corrected chi connectivity index (χ0v) is 12.1. The Balaban J connectivity index is 2.17. The van der Waals surface area contributed by atoms with Crippen LogP contribution in [0, 0.1) is 0 Å². The minimum absolute atomic E-state index is 0.0206. The van der Waals surface area contributed by atoms with E-state index in [2.05, 4.69) is 12.2 Å². The molecule has 1 aliphatic rings. The number of aliphatic hydroxyl groups is 1. The highest BCUT2D eigenvalue weighted by molar-refractivity contribution is 5.99. The molecule has 0 radical (unpaired) electrons. The second kappa shape index (κ2) is 7.29. The molecule has 0 bridgehead atoms. The van der Waals surface area contributed by atoms with Crippen LogP contribution in [-0.4, -0.2) is 41.7 Å². The van der Waals surface area contributed by atoms with Gasteiger partial charge in [0.25, 0.3) is 5.91 Å². The lowest BCUT2D eigenvalue weighted by Crippen LogP contribution is -2.45. The molecule has 1 saturated carbocycles. The molecule has 0 unspecified atom stereocenters. The maximum Gasteiger partial charge on any atom is 0.256 e. The molecule has 1 aromatic rings. The number of carbonyl (C=O) groups is 1. The van der Waals surface area contributed by atoms with E-state index in [0.717, 1.165) is 31.5 Å². The van der Waals surface area contributed by atoms with Gasteiger partial charge in [0, 0.05) is 24.8 Å². The van der Waals surface area contributed by atoms with Gasteiger partial charge in [-0.05, 0) is 37.8 Å². The van der Waals surface area contributed by atoms with Gasteiger partial charge in [0.15, 0.2) is 0 Å². The highest BCUT2D eigenvalue weighted by Crippen LogP contribution is 2.27. The first-order valence-corrected chi connectivity index (χ1v) is 7.52. The Morgan fingerprint density at radius 1 is 1.40 bits per heavy atom. The monoisotopic (exact) mass is 276 g/mol. The summed E-state index contributed by atoms with van der Waals surface area (Å²) in [5, 5.41) is 12.5. The average molecular weight is 276 g/mol. The van der Waals surface area contributed by atoms with E-state index < -0.39 is 0 Å². The number of anilines is 1. The molecule has 2 rings (SSSR count). The highest BCUT2D eigenvalue weighted by atomic mass is 16.3. The summed E-state index contributed by atoms with van der Waals surface area (Å²) in [5.41, 5.74) is 1.60. The third-order valence-corrected chi connectivity index (χ3v) is 3.84. The summed E-state index contributed by atoms with van der Waals surface area (Å²) in [4.78, 5) is 14.6. The Kier molecular flexibility index (Phi) is 5.41. The number of benzene rings is 1. The summed E-state index contributed by atoms with van der Waals surface area (Å²) >= 11 is 0. The Bertz CT molecular complexity index is 444. The van der Waals surface area contributed by atoms with Crippen LogP contribution < -0.4 is 5.32 Å². The van der Waals surface area contributed by atoms with Gasteiger partial charge in [0.2, 0.25) is 0 Å². The molecule has 2 N–H and O–H groups in total. The number of nitrogens with one attached hydrogen (secondary N) is 1. The zero-order chi connectivity index (χ0) is 14.4. The summed E-state index contributed by atoms with van der Waals surface area (Å²) in [6, 6.07) is 7.94. The fourth-order valence-electron chi connectivity index (χ4n) is 2.49. The number of rotatable bonds is 7. The SMILES string of the molecule is CCCNc1ccccc1C(=O)N(CCO)C1CCC1. The van der Waals surface area contributed by atoms with Gasteiger partial charge in [0.1, 0.15) is 0 Å². The van der Waals surface area contributed by atoms with Gasteiger partial charge in [-0.1, -0.05) is 19.1 Å². The molecule has 4 nitrogen and oxygen atoms in total. The third kappa shape index (κ3) is 3.31. The van der Waals surface area contributed by atoms with Gasteiger partial charge in [-0.2, -0.15) is 0 Å². The van der Waals surface area contributed by atoms with E-state index in [1.54, 1.807) is 0 Å². The van der Waals surface area contributed by atoms with Gasteiger partial charge >= 0.3 is 0 Å². The van der Waals surface area contributed by atoms with Gasteiger partial charge in [-0.15, -0.1) is 0 Å². The summed E-state index contributed by atoms with van der Waals surface area (Å²) in [6.07, 6.45) is 4.30. The van der Waals surface area contributed by atoms with Crippen molar-refractivity contribution in [3.63, 3.8) is 0 Å². The van der Waals surface area contributed by atoms with E-state index in [1.165, 1.54) is 6.42 Å². The van der Waals surface area contributed by atoms with Crippen molar-refractivity contribution >= 4 is 11.6 Å². The molecule has 0 spiro atoms. The minimum atomic E-state index is 0.0206. The van der Waals surface area contributed by atoms with Gasteiger partial charge in [0.05, 0.1) is 12.2 Å². The van der Waals surface area contributed by atoms with Crippen molar-refractivity contribution in [3.8, 4) is 0 Å². The molecular formula is C16H24N2O2. The normalized spacial score (nSPS) is 14.7. The summed E-state index contributed by atoms with van der Waals surface area (Å²) in [6.45, 7) is 3.40. The van der Waals surface area contributed by atoms with E-state index in [-0.39, 0.29) is 12.5 Å². The van der Waals surface area contributed by atoms with Crippen molar-refractivity contribution in [2.75, 3.05) is 25.0 Å². The van der Waals surface area contributed by atoms with Crippen molar-refractivity contribution in [1.29, 1.82) is 0 Å². The van der Waals surface area contributed by atoms with Crippen LogP contribution in [0.3, 0.4) is 0 Å². The number of hydrogen-bond acceptors (Lipinski definition) is 3. The zero-order valence-electron chi connectivity index (χ0n) is 12.1. The second-order valence-corrected chi connectivity index (χ2v) is 5.28. The molecule has 1 fully saturated rings. The molecule has 0 saturated heterocycles. The van der Waals surface area contributed by atoms with Gasteiger partial charge < -0.3 is 15.3 Å². The van der Waals surface area contributed by atoms with Crippen LogP contribution in [0.25, 0.3) is 0 Å². The molecule has 4 heteroatoms. The van der Waals surface area contributed by atoms with Crippen molar-refractivity contribution < 1.29 is 9.90 Å². The highest BCUT2D eigenvalue weighted by Gasteiger charge is 2.29. The quantitative estimate of drug-likeness (QED) is 0.804. The predicted molar refractivity (Wildman–Crippen MR) is 81.0 cm³/mol. The van der Waals surface area contributed by atoms with Crippen LogP contribution in [0.5, 0.6) is 0 Å². The van der Waals surface area contributed by atoms with E-state index in [4.69, 9.17) is 0 Å². The molecule has 1 amide bonds. The molecule has 1 aliphatic carbocycles. The number of amides is 1. The maximum absolute atomic E-state index is 12.7. The Labute approximate surface area is 120 Å². The third-order valence-electron chi connectivity index (χ3n) is 3.84. The Hall–Kier alpha value is -1.55. The van der Waals surface area contributed by atoms with Crippen LogP contribution in [0.2, 0.25) is 0 Å². The van der Waals surface area contributed by atoms with Crippen molar-refractivity contribution in [2.45, 2.75) is 38.6 Å². The van der Waals surface area contributed by atoms with Crippen LogP contribution in [-0.2, 0) is 0 Å². The van der Waals surface area contributed by atoms with Crippen LogP contribution >= 0.6 is 0 Å². The van der Waals surface area contributed by atoms with Crippen molar-refractivity contribution in [1.82, 2.24) is 4.90 Å². The molecule has 0 heterocycles. The summed E-state index contributed by atoms with van der Waals surface area (Å²) < 4.78 is 0. The van der Waals surface area contributed by atoms with E-state index in [0.29, 0.717) is 18.2 Å². The first-order valence-electron chi connectivity index (χ1n) is 7.52. The molecular weight excluding hydrogens is 252 g/mol. The first kappa shape index (κ1) is 14.9. The molecule has 0 aromatic heterocycles. The summed E-state index contributed by atoms with van der Waals surface area (Å²) in [7, 11) is 0. The molecule has 0 aliphatic heterocycles. The van der Waals surface area contributed by atoms with Gasteiger partial charge in [-0.25, -0.2) is 0 Å². The first-order chi connectivity index (χ1) is 9.77. The fraction of sp³-hybridized carbons (Fsp3) is 0.562. The molecule has 0 atom stereocenters. The van der Waals surface area contributed by atoms with Crippen LogP contribution in [0.4, 0.5) is 5.69 Å². The van der Waals surface area contributed by atoms with Crippen LogP contribution in [0.15, 0.2) is 24.3 Å². The van der Waals surface area contributed by atoms with Crippen molar-refractivity contribution in [3.05, 3.63) is 29.8 Å². The fourth-order valence-corrected chi connectivity index (χ4v) is 2.49. The lowest BCUT2D eigenvalue weighted by molar-refractivity contribution is 0.0527. The Morgan fingerprint density at radius 2 is 2.15 bits per heavy atom. The number of para-hydroxylation sites is 1. The lowest BCUT2D eigenvalue weighted by atomic mass is 9.91. The van der Waals surface area contributed by atoms with E-state index in [1.807, 2.05) is 29.2 Å². The standard InChI is InChI=1S/C16H24N2O2/c1-2-10-17-15-9-4-3-8-14(15)16(20)18(11-12-19)13-6-5-7-13/h3-4,8-9,13,17,19H,2,5-7,10-12H2,1H3. The van der Waals surface area contributed by atoms with Crippen LogP contribution in [0.1, 0.15) is 43.0 Å².